The molecule has 3 atom stereocenters. The minimum absolute atomic E-state index is 0.00447. The molecule has 0 aromatic heterocycles. The Morgan fingerprint density at radius 3 is 2.76 bits per heavy atom. The predicted octanol–water partition coefficient (Wildman–Crippen LogP) is 2.25. The lowest BCUT2D eigenvalue weighted by Gasteiger charge is -2.44. The molecule has 1 heterocycles. The van der Waals surface area contributed by atoms with Crippen LogP contribution in [0.3, 0.4) is 0 Å². The number of hydrazine groups is 1. The topological polar surface area (TPSA) is 50.5 Å². The third-order valence-electron chi connectivity index (χ3n) is 5.23. The molecule has 0 amide bonds. The van der Waals surface area contributed by atoms with Gasteiger partial charge in [-0.3, -0.25) is 11.3 Å². The summed E-state index contributed by atoms with van der Waals surface area (Å²) < 4.78 is 6.04. The molecule has 1 aliphatic rings. The first-order valence-electron chi connectivity index (χ1n) is 7.86. The van der Waals surface area contributed by atoms with Crippen molar-refractivity contribution >= 4 is 0 Å². The van der Waals surface area contributed by atoms with Crippen LogP contribution in [-0.4, -0.2) is 37.2 Å². The van der Waals surface area contributed by atoms with Gasteiger partial charge in [0.1, 0.15) is 0 Å². The lowest BCUT2D eigenvalue weighted by atomic mass is 9.82. The number of nitrogens with one attached hydrogen (secondary N) is 1. The molecule has 2 rings (SSSR count). The smallest absolute Gasteiger partial charge is 0.0843 e. The molecule has 1 aliphatic heterocycles. The molecule has 0 saturated carbocycles. The molecule has 0 aliphatic carbocycles. The molecule has 0 bridgehead atoms. The Bertz CT molecular complexity index is 463. The van der Waals surface area contributed by atoms with Crippen LogP contribution in [0.1, 0.15) is 43.9 Å². The molecule has 3 N–H and O–H groups in total. The first-order chi connectivity index (χ1) is 10.0. The summed E-state index contributed by atoms with van der Waals surface area (Å²) in [5.41, 5.74) is 5.77. The fourth-order valence-electron chi connectivity index (χ4n) is 3.26. The first kappa shape index (κ1) is 16.4. The van der Waals surface area contributed by atoms with E-state index in [1.165, 1.54) is 11.1 Å². The van der Waals surface area contributed by atoms with E-state index < -0.39 is 0 Å². The van der Waals surface area contributed by atoms with Gasteiger partial charge in [0.15, 0.2) is 0 Å². The maximum Gasteiger partial charge on any atom is 0.0843 e. The van der Waals surface area contributed by atoms with Crippen LogP contribution in [0.15, 0.2) is 24.3 Å². The minimum atomic E-state index is 0.00447. The van der Waals surface area contributed by atoms with Crippen molar-refractivity contribution < 1.29 is 4.74 Å². The lowest BCUT2D eigenvalue weighted by Crippen LogP contribution is -2.59. The summed E-state index contributed by atoms with van der Waals surface area (Å²) in [5.74, 6) is 5.88. The molecule has 118 valence electrons. The summed E-state index contributed by atoms with van der Waals surface area (Å²) in [6, 6.07) is 8.77. The highest BCUT2D eigenvalue weighted by Gasteiger charge is 2.37. The number of fused-ring (bicyclic) bond motifs is 1. The number of hydrogen-bond acceptors (Lipinski definition) is 4. The van der Waals surface area contributed by atoms with E-state index in [2.05, 4.69) is 62.5 Å². The zero-order valence-electron chi connectivity index (χ0n) is 13.7. The van der Waals surface area contributed by atoms with Gasteiger partial charge in [-0.05, 0) is 51.4 Å². The van der Waals surface area contributed by atoms with E-state index in [4.69, 9.17) is 10.6 Å². The second-order valence-electron chi connectivity index (χ2n) is 6.37. The summed E-state index contributed by atoms with van der Waals surface area (Å²) in [4.78, 5) is 2.26. The van der Waals surface area contributed by atoms with Gasteiger partial charge in [-0.2, -0.15) is 0 Å². The summed E-state index contributed by atoms with van der Waals surface area (Å²) in [6.45, 7) is 5.26. The molecule has 0 radical (unpaired) electrons. The standard InChI is InChI=1S/C17H29N3O/c1-5-17(2,20(3)4)16(19-18)12-15-14-9-7-6-8-13(14)10-11-21-15/h6-9,15-16,19H,5,10-12,18H2,1-4H3. The quantitative estimate of drug-likeness (QED) is 0.623. The number of likely N-dealkylation sites (N-methyl/N-ethyl adjacent to an activating group) is 1. The van der Waals surface area contributed by atoms with Crippen LogP contribution >= 0.6 is 0 Å². The van der Waals surface area contributed by atoms with Crippen LogP contribution in [0.2, 0.25) is 0 Å². The summed E-state index contributed by atoms with van der Waals surface area (Å²) in [5, 5.41) is 0. The van der Waals surface area contributed by atoms with Gasteiger partial charge in [-0.15, -0.1) is 0 Å². The van der Waals surface area contributed by atoms with Crippen molar-refractivity contribution in [2.24, 2.45) is 5.84 Å². The van der Waals surface area contributed by atoms with Gasteiger partial charge in [-0.1, -0.05) is 31.2 Å². The number of benzene rings is 1. The largest absolute Gasteiger partial charge is 0.373 e. The molecule has 0 saturated heterocycles. The highest BCUT2D eigenvalue weighted by Crippen LogP contribution is 2.34. The second-order valence-corrected chi connectivity index (χ2v) is 6.37. The fraction of sp³-hybridized carbons (Fsp3) is 0.647. The van der Waals surface area contributed by atoms with Crippen LogP contribution in [-0.2, 0) is 11.2 Å². The van der Waals surface area contributed by atoms with E-state index >= 15 is 0 Å². The van der Waals surface area contributed by atoms with E-state index in [1.807, 2.05) is 0 Å². The molecule has 1 aromatic rings. The molecular formula is C17H29N3O. The van der Waals surface area contributed by atoms with Gasteiger partial charge in [0.25, 0.3) is 0 Å². The van der Waals surface area contributed by atoms with Gasteiger partial charge < -0.3 is 9.64 Å². The zero-order valence-corrected chi connectivity index (χ0v) is 13.7. The number of nitrogens with zero attached hydrogens (tertiary/aromatic N) is 1. The monoisotopic (exact) mass is 291 g/mol. The number of ether oxygens (including phenoxy) is 1. The third kappa shape index (κ3) is 3.29. The van der Waals surface area contributed by atoms with Gasteiger partial charge >= 0.3 is 0 Å². The Kier molecular flexibility index (Phi) is 5.38. The van der Waals surface area contributed by atoms with E-state index in [0.29, 0.717) is 0 Å². The molecule has 4 heteroatoms. The van der Waals surface area contributed by atoms with Crippen molar-refractivity contribution in [1.29, 1.82) is 0 Å². The number of hydrogen-bond donors (Lipinski definition) is 2. The Balaban J connectivity index is 2.20. The van der Waals surface area contributed by atoms with Crippen molar-refractivity contribution in [3.63, 3.8) is 0 Å². The SMILES string of the molecule is CCC(C)(C(CC1OCCc2ccccc21)NN)N(C)C. The van der Waals surface area contributed by atoms with Crippen molar-refractivity contribution in [3.8, 4) is 0 Å². The summed E-state index contributed by atoms with van der Waals surface area (Å²) in [6.07, 6.45) is 3.05. The molecule has 1 aromatic carbocycles. The molecule has 0 fully saturated rings. The highest BCUT2D eigenvalue weighted by atomic mass is 16.5. The predicted molar refractivity (Wildman–Crippen MR) is 87.0 cm³/mol. The third-order valence-corrected chi connectivity index (χ3v) is 5.23. The summed E-state index contributed by atoms with van der Waals surface area (Å²) >= 11 is 0. The van der Waals surface area contributed by atoms with E-state index in [1.54, 1.807) is 0 Å². The average molecular weight is 291 g/mol. The zero-order chi connectivity index (χ0) is 15.5. The van der Waals surface area contributed by atoms with Crippen LogP contribution in [0.4, 0.5) is 0 Å². The van der Waals surface area contributed by atoms with E-state index in [9.17, 15) is 0 Å². The Morgan fingerprint density at radius 2 is 2.14 bits per heavy atom. The Morgan fingerprint density at radius 1 is 1.43 bits per heavy atom. The number of rotatable bonds is 6. The molecule has 4 nitrogen and oxygen atoms in total. The maximum absolute atomic E-state index is 6.04. The molecule has 0 spiro atoms. The lowest BCUT2D eigenvalue weighted by molar-refractivity contribution is 0.00732. The molecular weight excluding hydrogens is 262 g/mol. The highest BCUT2D eigenvalue weighted by molar-refractivity contribution is 5.31. The van der Waals surface area contributed by atoms with Crippen LogP contribution in [0.25, 0.3) is 0 Å². The van der Waals surface area contributed by atoms with Crippen LogP contribution < -0.4 is 11.3 Å². The number of nitrogens with two attached hydrogens (primary N) is 1. The maximum atomic E-state index is 6.04. The van der Waals surface area contributed by atoms with Crippen molar-refractivity contribution in [2.45, 2.75) is 50.8 Å². The van der Waals surface area contributed by atoms with Gasteiger partial charge in [0, 0.05) is 11.6 Å². The first-order valence-corrected chi connectivity index (χ1v) is 7.86. The van der Waals surface area contributed by atoms with Gasteiger partial charge in [0.2, 0.25) is 0 Å². The van der Waals surface area contributed by atoms with Crippen LogP contribution in [0.5, 0.6) is 0 Å². The van der Waals surface area contributed by atoms with Gasteiger partial charge in [-0.25, -0.2) is 0 Å². The van der Waals surface area contributed by atoms with E-state index in [-0.39, 0.29) is 17.7 Å². The molecule has 21 heavy (non-hydrogen) atoms. The second kappa shape index (κ2) is 6.88. The minimum Gasteiger partial charge on any atom is -0.373 e. The van der Waals surface area contributed by atoms with Crippen LogP contribution in [0, 0.1) is 0 Å². The average Bonchev–Trinajstić information content (AvgIpc) is 2.51. The van der Waals surface area contributed by atoms with Crippen molar-refractivity contribution in [2.75, 3.05) is 20.7 Å². The normalized spacial score (nSPS) is 22.7. The Labute approximate surface area is 128 Å². The van der Waals surface area contributed by atoms with Crippen molar-refractivity contribution in [1.82, 2.24) is 10.3 Å². The fourth-order valence-corrected chi connectivity index (χ4v) is 3.26. The van der Waals surface area contributed by atoms with E-state index in [0.717, 1.165) is 25.9 Å². The Hall–Kier alpha value is -0.940. The van der Waals surface area contributed by atoms with Gasteiger partial charge in [0.05, 0.1) is 12.7 Å². The van der Waals surface area contributed by atoms with Crippen molar-refractivity contribution in [3.05, 3.63) is 35.4 Å². The molecule has 3 unspecified atom stereocenters. The summed E-state index contributed by atoms with van der Waals surface area (Å²) in [7, 11) is 4.23.